The molecule has 3 unspecified atom stereocenters. The first-order valence-corrected chi connectivity index (χ1v) is 5.90. The summed E-state index contributed by atoms with van der Waals surface area (Å²) in [6, 6.07) is 5.74. The first kappa shape index (κ1) is 10.1. The van der Waals surface area contributed by atoms with E-state index in [9.17, 15) is 4.79 Å². The minimum Gasteiger partial charge on any atom is -0.324 e. The molecule has 1 aliphatic heterocycles. The number of carbonyl (C=O) groups excluding carboxylic acids is 1. The van der Waals surface area contributed by atoms with Crippen LogP contribution in [0.3, 0.4) is 0 Å². The van der Waals surface area contributed by atoms with E-state index in [4.69, 9.17) is 11.6 Å². The topological polar surface area (TPSA) is 41.1 Å². The zero-order chi connectivity index (χ0) is 11.3. The molecular weight excluding hydrogens is 224 g/mol. The number of fused-ring (bicyclic) bond motifs is 1. The maximum atomic E-state index is 11.8. The maximum Gasteiger partial charge on any atom is 0.246 e. The lowest BCUT2D eigenvalue weighted by molar-refractivity contribution is -0.117. The molecule has 0 aromatic heterocycles. The molecule has 1 aromatic rings. The summed E-state index contributed by atoms with van der Waals surface area (Å²) >= 11 is 6.14. The van der Waals surface area contributed by atoms with Gasteiger partial charge >= 0.3 is 0 Å². The van der Waals surface area contributed by atoms with E-state index >= 15 is 0 Å². The Kier molecular flexibility index (Phi) is 2.19. The van der Waals surface area contributed by atoms with Crippen molar-refractivity contribution in [3.05, 3.63) is 28.8 Å². The van der Waals surface area contributed by atoms with Crippen LogP contribution in [0.25, 0.3) is 0 Å². The smallest absolute Gasteiger partial charge is 0.246 e. The second kappa shape index (κ2) is 3.47. The molecule has 2 N–H and O–H groups in total. The first-order valence-electron chi connectivity index (χ1n) is 5.52. The van der Waals surface area contributed by atoms with Crippen LogP contribution in [0, 0.1) is 5.92 Å². The number of halogens is 1. The summed E-state index contributed by atoms with van der Waals surface area (Å²) < 4.78 is 0. The van der Waals surface area contributed by atoms with Crippen molar-refractivity contribution in [1.29, 1.82) is 0 Å². The molecule has 4 heteroatoms. The molecule has 1 aromatic carbocycles. The Balaban J connectivity index is 1.92. The van der Waals surface area contributed by atoms with Gasteiger partial charge in [0.15, 0.2) is 0 Å². The summed E-state index contributed by atoms with van der Waals surface area (Å²) in [5, 5.41) is 6.86. The van der Waals surface area contributed by atoms with Crippen LogP contribution in [0.5, 0.6) is 0 Å². The molecule has 1 aliphatic carbocycles. The van der Waals surface area contributed by atoms with E-state index in [1.807, 2.05) is 18.2 Å². The molecule has 0 bridgehead atoms. The largest absolute Gasteiger partial charge is 0.324 e. The highest BCUT2D eigenvalue weighted by Crippen LogP contribution is 2.39. The molecule has 3 rings (SSSR count). The summed E-state index contributed by atoms with van der Waals surface area (Å²) in [5.74, 6) is 0.668. The van der Waals surface area contributed by atoms with Crippen molar-refractivity contribution in [2.24, 2.45) is 5.92 Å². The van der Waals surface area contributed by atoms with Gasteiger partial charge in [-0.3, -0.25) is 10.1 Å². The van der Waals surface area contributed by atoms with Gasteiger partial charge in [-0.05, 0) is 24.5 Å². The predicted molar refractivity (Wildman–Crippen MR) is 63.5 cm³/mol. The van der Waals surface area contributed by atoms with Crippen molar-refractivity contribution in [1.82, 2.24) is 5.32 Å². The van der Waals surface area contributed by atoms with Gasteiger partial charge in [-0.15, -0.1) is 0 Å². The minimum absolute atomic E-state index is 0.00204. The van der Waals surface area contributed by atoms with E-state index in [2.05, 4.69) is 17.6 Å². The fraction of sp³-hybridized carbons (Fsp3) is 0.417. The van der Waals surface area contributed by atoms with Crippen molar-refractivity contribution >= 4 is 23.2 Å². The molecule has 1 amide bonds. The van der Waals surface area contributed by atoms with E-state index in [1.165, 1.54) is 0 Å². The number of nitrogens with one attached hydrogen (secondary N) is 2. The lowest BCUT2D eigenvalue weighted by Crippen LogP contribution is -2.30. The Morgan fingerprint density at radius 1 is 1.50 bits per heavy atom. The average Bonchev–Trinajstić information content (AvgIpc) is 2.81. The van der Waals surface area contributed by atoms with Gasteiger partial charge in [0.25, 0.3) is 0 Å². The molecule has 1 heterocycles. The Morgan fingerprint density at radius 3 is 2.94 bits per heavy atom. The van der Waals surface area contributed by atoms with E-state index in [-0.39, 0.29) is 11.9 Å². The molecule has 0 spiro atoms. The number of hydrogen-bond acceptors (Lipinski definition) is 2. The van der Waals surface area contributed by atoms with E-state index in [0.29, 0.717) is 17.0 Å². The van der Waals surface area contributed by atoms with Crippen LogP contribution < -0.4 is 10.6 Å². The molecule has 2 aliphatic rings. The minimum atomic E-state index is -0.279. The van der Waals surface area contributed by atoms with Crippen LogP contribution in [0.4, 0.5) is 5.69 Å². The van der Waals surface area contributed by atoms with E-state index < -0.39 is 0 Å². The molecule has 16 heavy (non-hydrogen) atoms. The van der Waals surface area contributed by atoms with Crippen molar-refractivity contribution in [2.75, 3.05) is 5.32 Å². The molecule has 3 nitrogen and oxygen atoms in total. The second-order valence-corrected chi connectivity index (χ2v) is 5.02. The number of benzene rings is 1. The van der Waals surface area contributed by atoms with Gasteiger partial charge in [-0.2, -0.15) is 0 Å². The van der Waals surface area contributed by atoms with Crippen LogP contribution in [-0.4, -0.2) is 11.9 Å². The first-order chi connectivity index (χ1) is 7.66. The van der Waals surface area contributed by atoms with Gasteiger partial charge in [0, 0.05) is 22.3 Å². The number of carbonyl (C=O) groups is 1. The van der Waals surface area contributed by atoms with Crippen LogP contribution in [0.1, 0.15) is 24.9 Å². The Labute approximate surface area is 99.2 Å². The van der Waals surface area contributed by atoms with Crippen molar-refractivity contribution in [2.45, 2.75) is 25.4 Å². The van der Waals surface area contributed by atoms with Gasteiger partial charge in [-0.1, -0.05) is 24.6 Å². The third-order valence-electron chi connectivity index (χ3n) is 3.35. The van der Waals surface area contributed by atoms with Gasteiger partial charge in [0.1, 0.15) is 6.04 Å². The third-order valence-corrected chi connectivity index (χ3v) is 3.68. The average molecular weight is 237 g/mol. The zero-order valence-corrected chi connectivity index (χ0v) is 9.71. The second-order valence-electron chi connectivity index (χ2n) is 4.61. The predicted octanol–water partition coefficient (Wildman–Crippen LogP) is 2.33. The fourth-order valence-electron chi connectivity index (χ4n) is 2.20. The van der Waals surface area contributed by atoms with Gasteiger partial charge in [-0.25, -0.2) is 0 Å². The Hall–Kier alpha value is -1.06. The molecule has 0 saturated heterocycles. The van der Waals surface area contributed by atoms with Gasteiger partial charge in [0.05, 0.1) is 0 Å². The number of amides is 1. The molecule has 3 atom stereocenters. The summed E-state index contributed by atoms with van der Waals surface area (Å²) in [7, 11) is 0. The van der Waals surface area contributed by atoms with Crippen molar-refractivity contribution in [3.8, 4) is 0 Å². The summed E-state index contributed by atoms with van der Waals surface area (Å²) in [6.07, 6.45) is 1.14. The molecular formula is C12H13ClN2O. The Bertz CT molecular complexity index is 460. The normalized spacial score (nSPS) is 31.1. The van der Waals surface area contributed by atoms with Gasteiger partial charge in [0.2, 0.25) is 5.91 Å². The van der Waals surface area contributed by atoms with Crippen LogP contribution in [-0.2, 0) is 4.79 Å². The molecule has 1 fully saturated rings. The Morgan fingerprint density at radius 2 is 2.25 bits per heavy atom. The summed E-state index contributed by atoms with van der Waals surface area (Å²) in [5.41, 5.74) is 1.73. The fourth-order valence-corrected chi connectivity index (χ4v) is 2.49. The standard InChI is InChI=1S/C12H13ClN2O/c1-6-5-9(6)14-11-10-7(13)3-2-4-8(10)15-12(11)16/h2-4,6,9,11,14H,5H2,1H3,(H,15,16). The molecule has 84 valence electrons. The highest BCUT2D eigenvalue weighted by molar-refractivity contribution is 6.32. The van der Waals surface area contributed by atoms with E-state index in [0.717, 1.165) is 17.7 Å². The number of hydrogen-bond donors (Lipinski definition) is 2. The van der Waals surface area contributed by atoms with Crippen LogP contribution in [0.15, 0.2) is 18.2 Å². The lowest BCUT2D eigenvalue weighted by Gasteiger charge is -2.11. The van der Waals surface area contributed by atoms with Gasteiger partial charge < -0.3 is 5.32 Å². The van der Waals surface area contributed by atoms with Crippen molar-refractivity contribution in [3.63, 3.8) is 0 Å². The monoisotopic (exact) mass is 236 g/mol. The van der Waals surface area contributed by atoms with Crippen LogP contribution >= 0.6 is 11.6 Å². The number of rotatable bonds is 2. The molecule has 0 radical (unpaired) electrons. The zero-order valence-electron chi connectivity index (χ0n) is 8.96. The van der Waals surface area contributed by atoms with Crippen molar-refractivity contribution < 1.29 is 4.79 Å². The number of anilines is 1. The lowest BCUT2D eigenvalue weighted by atomic mass is 10.1. The van der Waals surface area contributed by atoms with Crippen LogP contribution in [0.2, 0.25) is 5.02 Å². The molecule has 1 saturated carbocycles. The quantitative estimate of drug-likeness (QED) is 0.828. The van der Waals surface area contributed by atoms with E-state index in [1.54, 1.807) is 0 Å². The summed E-state index contributed by atoms with van der Waals surface area (Å²) in [4.78, 5) is 11.8. The summed E-state index contributed by atoms with van der Waals surface area (Å²) in [6.45, 7) is 2.18. The highest BCUT2D eigenvalue weighted by atomic mass is 35.5. The maximum absolute atomic E-state index is 11.8. The third kappa shape index (κ3) is 1.51. The highest BCUT2D eigenvalue weighted by Gasteiger charge is 2.40. The SMILES string of the molecule is CC1CC1NC1C(=O)Nc2cccc(Cl)c21.